The Hall–Kier alpha value is -0.146. The fourth-order valence-corrected chi connectivity index (χ4v) is 0.324. The number of hydrogen-bond donors (Lipinski definition) is 0. The monoisotopic (exact) mass is 194 g/mol. The average molecular weight is 194 g/mol. The smallest absolute Gasteiger partial charge is 0 e. The van der Waals surface area contributed by atoms with E-state index in [0.717, 1.165) is 0 Å². The predicted molar refractivity (Wildman–Crippen MR) is 29.0 cm³/mol. The molecule has 0 saturated heterocycles. The Kier molecular flexibility index (Phi) is 4.63. The van der Waals surface area contributed by atoms with E-state index in [1.54, 1.807) is 0 Å². The number of aliphatic imine (C=N–C) groups is 1. The summed E-state index contributed by atoms with van der Waals surface area (Å²) >= 11 is 0. The molecule has 1 heterocycles. The Morgan fingerprint density at radius 3 is 2.67 bits per heavy atom. The zero-order valence-corrected chi connectivity index (χ0v) is 7.49. The molecule has 0 fully saturated rings. The second kappa shape index (κ2) is 4.71. The van der Waals surface area contributed by atoms with Crippen LogP contribution < -0.4 is 0 Å². The molecule has 9 heavy (non-hydrogen) atoms. The van der Waals surface area contributed by atoms with E-state index in [-0.39, 0.29) is 32.7 Å². The molecule has 0 aliphatic carbocycles. The van der Waals surface area contributed by atoms with Gasteiger partial charge in [-0.1, -0.05) is 6.20 Å². The predicted octanol–water partition coefficient (Wildman–Crippen LogP) is 0.483. The molecule has 0 bridgehead atoms. The summed E-state index contributed by atoms with van der Waals surface area (Å²) in [6.45, 7) is 4.88. The first kappa shape index (κ1) is 8.85. The minimum absolute atomic E-state index is 0. The van der Waals surface area contributed by atoms with E-state index in [4.69, 9.17) is 6.72 Å². The van der Waals surface area contributed by atoms with E-state index < -0.39 is 0 Å². The van der Waals surface area contributed by atoms with Gasteiger partial charge in [0.1, 0.15) is 0 Å². The summed E-state index contributed by atoms with van der Waals surface area (Å²) in [6, 6.07) is 2.65. The Morgan fingerprint density at radius 1 is 1.56 bits per heavy atom. The molecule has 0 N–H and O–H groups in total. The molecule has 0 saturated carbocycles. The van der Waals surface area contributed by atoms with Crippen LogP contribution in [0.15, 0.2) is 17.4 Å². The minimum Gasteiger partial charge on any atom is -0.496 e. The van der Waals surface area contributed by atoms with Gasteiger partial charge in [-0.15, -0.1) is 0 Å². The van der Waals surface area contributed by atoms with Gasteiger partial charge in [0.05, 0.1) is 0 Å². The van der Waals surface area contributed by atoms with Crippen molar-refractivity contribution in [1.82, 2.24) is 10.2 Å². The number of nitrogens with zero attached hydrogens (tertiary/aromatic N) is 3. The van der Waals surface area contributed by atoms with Crippen LogP contribution in [0.3, 0.4) is 0 Å². The molecule has 0 atom stereocenters. The van der Waals surface area contributed by atoms with Crippen LogP contribution in [0.25, 0.3) is 0 Å². The van der Waals surface area contributed by atoms with Gasteiger partial charge in [0, 0.05) is 32.7 Å². The third-order valence-corrected chi connectivity index (χ3v) is 0.656. The zero-order chi connectivity index (χ0) is 5.82. The minimum atomic E-state index is 0. The average Bonchev–Trinajstić information content (AvgIpc) is 1.90. The molecule has 1 aromatic rings. The van der Waals surface area contributed by atoms with Crippen molar-refractivity contribution >= 4 is 12.4 Å². The largest absolute Gasteiger partial charge is 0.496 e. The van der Waals surface area contributed by atoms with Gasteiger partial charge in [-0.25, -0.2) is 10.8 Å². The van der Waals surface area contributed by atoms with Gasteiger partial charge in [0.2, 0.25) is 0 Å². The number of hydrogen-bond acceptors (Lipinski definition) is 3. The van der Waals surface area contributed by atoms with Crippen LogP contribution in [0, 0.1) is 6.07 Å². The molecule has 1 radical (unpaired) electrons. The molecule has 0 unspecified atom stereocenters. The molecule has 1 rings (SSSR count). The number of rotatable bonds is 1. The van der Waals surface area contributed by atoms with Crippen LogP contribution in [-0.4, -0.2) is 16.9 Å². The van der Waals surface area contributed by atoms with E-state index in [1.165, 1.54) is 12.4 Å². The molecule has 0 aliphatic heterocycles. The quantitative estimate of drug-likeness (QED) is 0.481. The second-order valence-electron chi connectivity index (χ2n) is 1.15. The summed E-state index contributed by atoms with van der Waals surface area (Å²) in [5, 5.41) is 6.97. The van der Waals surface area contributed by atoms with Gasteiger partial charge in [0.25, 0.3) is 0 Å². The van der Waals surface area contributed by atoms with Gasteiger partial charge in [-0.2, -0.15) is 12.9 Å². The third-order valence-electron chi connectivity index (χ3n) is 0.656. The zero-order valence-electron chi connectivity index (χ0n) is 4.65. The maximum Gasteiger partial charge on any atom is 0 e. The van der Waals surface area contributed by atoms with Gasteiger partial charge >= 0.3 is 0 Å². The van der Waals surface area contributed by atoms with Crippen molar-refractivity contribution < 1.29 is 32.7 Å². The SMILES string of the molecule is [CH-]=Nc1[c-]cnnc1.[Y]. The summed E-state index contributed by atoms with van der Waals surface area (Å²) in [5.41, 5.74) is 0.514. The first-order valence-corrected chi connectivity index (χ1v) is 2.03. The van der Waals surface area contributed by atoms with Crippen molar-refractivity contribution in [1.29, 1.82) is 0 Å². The number of aromatic nitrogens is 2. The molecule has 0 aromatic carbocycles. The van der Waals surface area contributed by atoms with Crippen molar-refractivity contribution in [3.63, 3.8) is 0 Å². The van der Waals surface area contributed by atoms with Crippen molar-refractivity contribution in [2.75, 3.05) is 0 Å². The van der Waals surface area contributed by atoms with E-state index >= 15 is 0 Å². The molecule has 0 amide bonds. The maximum absolute atomic E-state index is 4.88. The molecular weight excluding hydrogens is 191 g/mol. The standard InChI is InChI=1S/C5H3N3.Y/c1-6-5-2-3-7-8-4-5;/h1,3-4H;/q-2;. The van der Waals surface area contributed by atoms with E-state index in [2.05, 4.69) is 21.3 Å². The van der Waals surface area contributed by atoms with Crippen molar-refractivity contribution in [2.45, 2.75) is 0 Å². The first-order valence-electron chi connectivity index (χ1n) is 2.03. The Morgan fingerprint density at radius 2 is 2.33 bits per heavy atom. The van der Waals surface area contributed by atoms with Crippen LogP contribution in [0.4, 0.5) is 5.69 Å². The molecule has 0 aliphatic rings. The third kappa shape index (κ3) is 2.77. The normalized spacial score (nSPS) is 7.56. The van der Waals surface area contributed by atoms with Gasteiger partial charge in [-0.05, 0) is 0 Å². The Labute approximate surface area is 78.5 Å². The van der Waals surface area contributed by atoms with Gasteiger partial charge in [0.15, 0.2) is 0 Å². The van der Waals surface area contributed by atoms with Crippen LogP contribution in [0.5, 0.6) is 0 Å². The summed E-state index contributed by atoms with van der Waals surface area (Å²) in [5.74, 6) is 0. The van der Waals surface area contributed by atoms with Crippen molar-refractivity contribution in [2.24, 2.45) is 4.99 Å². The van der Waals surface area contributed by atoms with Crippen molar-refractivity contribution in [3.05, 3.63) is 18.5 Å². The van der Waals surface area contributed by atoms with Gasteiger partial charge in [-0.3, -0.25) is 5.10 Å². The van der Waals surface area contributed by atoms with E-state index in [0.29, 0.717) is 5.69 Å². The van der Waals surface area contributed by atoms with Crippen LogP contribution in [0.1, 0.15) is 0 Å². The molecule has 3 nitrogen and oxygen atoms in total. The molecular formula is C5H3N3Y-2. The van der Waals surface area contributed by atoms with Crippen molar-refractivity contribution in [3.8, 4) is 0 Å². The fourth-order valence-electron chi connectivity index (χ4n) is 0.324. The molecule has 1 aromatic heterocycles. The van der Waals surface area contributed by atoms with Crippen LogP contribution in [-0.2, 0) is 32.7 Å². The summed E-state index contributed by atoms with van der Waals surface area (Å²) in [6.07, 6.45) is 2.84. The van der Waals surface area contributed by atoms with E-state index in [9.17, 15) is 0 Å². The topological polar surface area (TPSA) is 38.1 Å². The summed E-state index contributed by atoms with van der Waals surface area (Å²) < 4.78 is 0. The van der Waals surface area contributed by atoms with Gasteiger partial charge < -0.3 is 11.1 Å². The molecule has 43 valence electrons. The first-order chi connectivity index (χ1) is 3.93. The molecule has 4 heteroatoms. The van der Waals surface area contributed by atoms with Crippen LogP contribution >= 0.6 is 0 Å². The summed E-state index contributed by atoms with van der Waals surface area (Å²) in [4.78, 5) is 3.31. The fraction of sp³-hybridized carbons (Fsp3) is 0. The summed E-state index contributed by atoms with van der Waals surface area (Å²) in [7, 11) is 0. The molecule has 0 spiro atoms. The Bertz CT molecular complexity index is 175. The second-order valence-corrected chi connectivity index (χ2v) is 1.15. The van der Waals surface area contributed by atoms with Crippen LogP contribution in [0.2, 0.25) is 0 Å². The maximum atomic E-state index is 4.88. The Balaban J connectivity index is 0.000000640. The van der Waals surface area contributed by atoms with E-state index in [1.807, 2.05) is 0 Å².